The molecule has 0 saturated heterocycles. The van der Waals surface area contributed by atoms with Crippen LogP contribution in [0.5, 0.6) is 0 Å². The van der Waals surface area contributed by atoms with Gasteiger partial charge in [-0.3, -0.25) is 9.59 Å². The van der Waals surface area contributed by atoms with Crippen molar-refractivity contribution in [3.8, 4) is 0 Å². The second-order valence-electron chi connectivity index (χ2n) is 8.95. The Morgan fingerprint density at radius 3 is 2.32 bits per heavy atom. The van der Waals surface area contributed by atoms with Crippen LogP contribution in [0.15, 0.2) is 42.5 Å². The van der Waals surface area contributed by atoms with Crippen LogP contribution in [0.3, 0.4) is 0 Å². The molecule has 2 atom stereocenters. The van der Waals surface area contributed by atoms with E-state index in [2.05, 4.69) is 5.32 Å². The number of hydrogen-bond acceptors (Lipinski definition) is 4. The summed E-state index contributed by atoms with van der Waals surface area (Å²) in [6.07, 6.45) is 0.209. The lowest BCUT2D eigenvalue weighted by atomic mass is 10.0. The molecule has 0 aliphatic carbocycles. The van der Waals surface area contributed by atoms with Gasteiger partial charge >= 0.3 is 6.09 Å². The molecule has 0 bridgehead atoms. The Morgan fingerprint density at radius 2 is 1.71 bits per heavy atom. The zero-order valence-corrected chi connectivity index (χ0v) is 19.0. The summed E-state index contributed by atoms with van der Waals surface area (Å²) >= 11 is 0. The molecule has 0 aliphatic rings. The van der Waals surface area contributed by atoms with E-state index in [1.165, 1.54) is 0 Å². The molecule has 7 nitrogen and oxygen atoms in total. The van der Waals surface area contributed by atoms with Crippen molar-refractivity contribution < 1.29 is 19.1 Å². The molecule has 2 aromatic carbocycles. The fourth-order valence-electron chi connectivity index (χ4n) is 3.29. The molecule has 7 heteroatoms. The highest BCUT2D eigenvalue weighted by Gasteiger charge is 2.26. The van der Waals surface area contributed by atoms with Gasteiger partial charge in [0.25, 0.3) is 0 Å². The lowest BCUT2D eigenvalue weighted by molar-refractivity contribution is -0.120. The van der Waals surface area contributed by atoms with Crippen molar-refractivity contribution in [1.29, 1.82) is 0 Å². The third-order valence-electron chi connectivity index (χ3n) is 4.81. The lowest BCUT2D eigenvalue weighted by Gasteiger charge is -2.28. The SMILES string of the molecule is CC(CCN(C(=O)[C@H](C)NC(=O)OC(C)(C)C)c1ccc2ccccc2c1)CC(N)=O. The number of ether oxygens (including phenoxy) is 1. The van der Waals surface area contributed by atoms with E-state index in [9.17, 15) is 14.4 Å². The number of nitrogens with one attached hydrogen (secondary N) is 1. The number of fused-ring (bicyclic) bond motifs is 1. The van der Waals surface area contributed by atoms with Gasteiger partial charge in [0.1, 0.15) is 11.6 Å². The van der Waals surface area contributed by atoms with Crippen LogP contribution >= 0.6 is 0 Å². The van der Waals surface area contributed by atoms with Crippen LogP contribution in [-0.2, 0) is 14.3 Å². The minimum Gasteiger partial charge on any atom is -0.444 e. The number of hydrogen-bond donors (Lipinski definition) is 2. The zero-order valence-electron chi connectivity index (χ0n) is 19.0. The number of anilines is 1. The van der Waals surface area contributed by atoms with Gasteiger partial charge in [-0.05, 0) is 62.9 Å². The van der Waals surface area contributed by atoms with Crippen molar-refractivity contribution in [3.05, 3.63) is 42.5 Å². The second kappa shape index (κ2) is 10.3. The van der Waals surface area contributed by atoms with Crippen LogP contribution in [0.2, 0.25) is 0 Å². The molecular weight excluding hydrogens is 394 g/mol. The molecule has 3 amide bonds. The fraction of sp³-hybridized carbons (Fsp3) is 0.458. The first-order valence-electron chi connectivity index (χ1n) is 10.5. The number of alkyl carbamates (subject to hydrolysis) is 1. The maximum absolute atomic E-state index is 13.3. The predicted molar refractivity (Wildman–Crippen MR) is 123 cm³/mol. The summed E-state index contributed by atoms with van der Waals surface area (Å²) < 4.78 is 5.27. The first-order chi connectivity index (χ1) is 14.5. The van der Waals surface area contributed by atoms with Gasteiger partial charge < -0.3 is 20.7 Å². The lowest BCUT2D eigenvalue weighted by Crippen LogP contribution is -2.48. The van der Waals surface area contributed by atoms with Crippen LogP contribution < -0.4 is 16.0 Å². The highest BCUT2D eigenvalue weighted by atomic mass is 16.6. The smallest absolute Gasteiger partial charge is 0.408 e. The van der Waals surface area contributed by atoms with Gasteiger partial charge in [0.15, 0.2) is 0 Å². The number of rotatable bonds is 8. The normalized spacial score (nSPS) is 13.3. The topological polar surface area (TPSA) is 102 Å². The van der Waals surface area contributed by atoms with Gasteiger partial charge in [-0.25, -0.2) is 4.79 Å². The van der Waals surface area contributed by atoms with Crippen LogP contribution in [0, 0.1) is 5.92 Å². The Kier molecular flexibility index (Phi) is 8.02. The summed E-state index contributed by atoms with van der Waals surface area (Å²) in [5.41, 5.74) is 5.38. The summed E-state index contributed by atoms with van der Waals surface area (Å²) in [4.78, 5) is 38.3. The van der Waals surface area contributed by atoms with Crippen molar-refractivity contribution in [2.45, 2.75) is 59.1 Å². The minimum absolute atomic E-state index is 0.0300. The van der Waals surface area contributed by atoms with Crippen LogP contribution in [-0.4, -0.2) is 36.1 Å². The van der Waals surface area contributed by atoms with Gasteiger partial charge in [0, 0.05) is 18.7 Å². The van der Waals surface area contributed by atoms with Crippen molar-refractivity contribution in [3.63, 3.8) is 0 Å². The Hall–Kier alpha value is -3.09. The molecule has 0 saturated carbocycles. The predicted octanol–water partition coefficient (Wildman–Crippen LogP) is 3.99. The van der Waals surface area contributed by atoms with Gasteiger partial charge in [-0.1, -0.05) is 37.3 Å². The maximum Gasteiger partial charge on any atom is 0.408 e. The molecular formula is C24H33N3O4. The van der Waals surface area contributed by atoms with E-state index in [-0.39, 0.29) is 24.2 Å². The number of amides is 3. The van der Waals surface area contributed by atoms with E-state index >= 15 is 0 Å². The number of carbonyl (C=O) groups excluding carboxylic acids is 3. The van der Waals surface area contributed by atoms with Gasteiger partial charge in [-0.2, -0.15) is 0 Å². The molecule has 2 rings (SSSR count). The molecule has 0 heterocycles. The summed E-state index contributed by atoms with van der Waals surface area (Å²) in [6.45, 7) is 9.25. The third kappa shape index (κ3) is 7.59. The summed E-state index contributed by atoms with van der Waals surface area (Å²) in [6, 6.07) is 12.9. The Balaban J connectivity index is 2.23. The molecule has 3 N–H and O–H groups in total. The van der Waals surface area contributed by atoms with E-state index in [1.54, 1.807) is 32.6 Å². The van der Waals surface area contributed by atoms with E-state index < -0.39 is 17.7 Å². The number of carbonyl (C=O) groups is 3. The quantitative estimate of drug-likeness (QED) is 0.665. The average molecular weight is 428 g/mol. The van der Waals surface area contributed by atoms with Crippen molar-refractivity contribution in [2.75, 3.05) is 11.4 Å². The monoisotopic (exact) mass is 427 g/mol. The molecule has 2 aromatic rings. The maximum atomic E-state index is 13.3. The second-order valence-corrected chi connectivity index (χ2v) is 8.95. The van der Waals surface area contributed by atoms with Gasteiger partial charge in [0.2, 0.25) is 11.8 Å². The first kappa shape index (κ1) is 24.2. The first-order valence-corrected chi connectivity index (χ1v) is 10.5. The largest absolute Gasteiger partial charge is 0.444 e. The fourth-order valence-corrected chi connectivity index (χ4v) is 3.29. The van der Waals surface area contributed by atoms with Crippen LogP contribution in [0.4, 0.5) is 10.5 Å². The van der Waals surface area contributed by atoms with Crippen LogP contribution in [0.1, 0.15) is 47.5 Å². The van der Waals surface area contributed by atoms with E-state index in [1.807, 2.05) is 49.4 Å². The molecule has 0 spiro atoms. The average Bonchev–Trinajstić information content (AvgIpc) is 2.65. The van der Waals surface area contributed by atoms with Crippen molar-refractivity contribution in [2.24, 2.45) is 11.7 Å². The molecule has 31 heavy (non-hydrogen) atoms. The molecule has 0 aromatic heterocycles. The van der Waals surface area contributed by atoms with E-state index in [4.69, 9.17) is 10.5 Å². The zero-order chi connectivity index (χ0) is 23.2. The minimum atomic E-state index is -0.784. The van der Waals surface area contributed by atoms with Crippen molar-refractivity contribution in [1.82, 2.24) is 5.32 Å². The number of benzene rings is 2. The molecule has 1 unspecified atom stereocenters. The summed E-state index contributed by atoms with van der Waals surface area (Å²) in [7, 11) is 0. The Bertz CT molecular complexity index is 936. The standard InChI is InChI=1S/C24H33N3O4/c1-16(14-21(25)28)12-13-27(20-11-10-18-8-6-7-9-19(18)15-20)22(29)17(2)26-23(30)31-24(3,4)5/h6-11,15-17H,12-14H2,1-5H3,(H2,25,28)(H,26,30)/t16?,17-/m0/s1. The molecule has 0 aliphatic heterocycles. The van der Waals surface area contributed by atoms with E-state index in [0.717, 1.165) is 16.5 Å². The summed E-state index contributed by atoms with van der Waals surface area (Å²) in [5.74, 6) is -0.592. The Labute approximate surface area is 183 Å². The third-order valence-corrected chi connectivity index (χ3v) is 4.81. The Morgan fingerprint density at radius 1 is 1.06 bits per heavy atom. The van der Waals surface area contributed by atoms with Crippen LogP contribution in [0.25, 0.3) is 10.8 Å². The molecule has 168 valence electrons. The number of nitrogens with two attached hydrogens (primary N) is 1. The number of primary amides is 1. The van der Waals surface area contributed by atoms with E-state index in [0.29, 0.717) is 13.0 Å². The summed E-state index contributed by atoms with van der Waals surface area (Å²) in [5, 5.41) is 4.70. The van der Waals surface area contributed by atoms with Gasteiger partial charge in [0.05, 0.1) is 0 Å². The highest BCUT2D eigenvalue weighted by molar-refractivity contribution is 6.00. The highest BCUT2D eigenvalue weighted by Crippen LogP contribution is 2.24. The van der Waals surface area contributed by atoms with Gasteiger partial charge in [-0.15, -0.1) is 0 Å². The number of nitrogens with zero attached hydrogens (tertiary/aromatic N) is 1. The molecule has 0 radical (unpaired) electrons. The molecule has 0 fully saturated rings. The van der Waals surface area contributed by atoms with Crippen molar-refractivity contribution >= 4 is 34.4 Å².